The maximum Gasteiger partial charge on any atom is 0.238 e. The van der Waals surface area contributed by atoms with Crippen LogP contribution in [0.4, 0.5) is 0 Å². The highest BCUT2D eigenvalue weighted by molar-refractivity contribution is 7.89. The Labute approximate surface area is 134 Å². The summed E-state index contributed by atoms with van der Waals surface area (Å²) in [5.74, 6) is 0.658. The van der Waals surface area contributed by atoms with E-state index in [9.17, 15) is 13.2 Å². The zero-order chi connectivity index (χ0) is 16.7. The van der Waals surface area contributed by atoms with Crippen molar-refractivity contribution in [1.82, 2.24) is 10.6 Å². The van der Waals surface area contributed by atoms with Crippen molar-refractivity contribution in [3.8, 4) is 0 Å². The molecule has 8 heteroatoms. The highest BCUT2D eigenvalue weighted by atomic mass is 32.2. The van der Waals surface area contributed by atoms with Gasteiger partial charge in [-0.2, -0.15) is 0 Å². The number of carbonyl (C=O) groups excluding carboxylic acids is 1. The lowest BCUT2D eigenvalue weighted by Gasteiger charge is -2.06. The maximum absolute atomic E-state index is 11.6. The summed E-state index contributed by atoms with van der Waals surface area (Å²) in [7, 11) is -3.67. The van der Waals surface area contributed by atoms with Crippen LogP contribution in [0.2, 0.25) is 0 Å². The van der Waals surface area contributed by atoms with Gasteiger partial charge in [0.15, 0.2) is 0 Å². The summed E-state index contributed by atoms with van der Waals surface area (Å²) in [6, 6.07) is 9.89. The second kappa shape index (κ2) is 7.91. The molecular weight excluding hydrogens is 318 g/mol. The molecule has 4 N–H and O–H groups in total. The monoisotopic (exact) mass is 337 g/mol. The lowest BCUT2D eigenvalue weighted by Crippen LogP contribution is -2.34. The molecule has 0 spiro atoms. The Kier molecular flexibility index (Phi) is 5.91. The van der Waals surface area contributed by atoms with E-state index >= 15 is 0 Å². The first-order chi connectivity index (χ1) is 10.9. The summed E-state index contributed by atoms with van der Waals surface area (Å²) in [6.45, 7) is 1.16. The van der Waals surface area contributed by atoms with E-state index in [4.69, 9.17) is 9.56 Å². The molecular formula is C15H19N3O4S. The average molecular weight is 337 g/mol. The Balaban J connectivity index is 1.67. The summed E-state index contributed by atoms with van der Waals surface area (Å²) >= 11 is 0. The van der Waals surface area contributed by atoms with Crippen LogP contribution < -0.4 is 15.8 Å². The molecule has 0 bridgehead atoms. The molecule has 0 aliphatic heterocycles. The molecule has 0 unspecified atom stereocenters. The van der Waals surface area contributed by atoms with Crippen molar-refractivity contribution in [2.75, 3.05) is 13.1 Å². The van der Waals surface area contributed by atoms with E-state index in [2.05, 4.69) is 10.6 Å². The van der Waals surface area contributed by atoms with Gasteiger partial charge in [-0.3, -0.25) is 4.79 Å². The molecule has 0 saturated carbocycles. The van der Waals surface area contributed by atoms with Gasteiger partial charge in [0.2, 0.25) is 15.9 Å². The van der Waals surface area contributed by atoms with E-state index in [1.54, 1.807) is 24.5 Å². The third-order valence-corrected chi connectivity index (χ3v) is 4.08. The van der Waals surface area contributed by atoms with E-state index in [0.29, 0.717) is 19.5 Å². The lowest BCUT2D eigenvalue weighted by atomic mass is 10.1. The molecule has 0 aliphatic carbocycles. The number of furan rings is 1. The number of carbonyl (C=O) groups is 1. The van der Waals surface area contributed by atoms with Crippen molar-refractivity contribution in [3.63, 3.8) is 0 Å². The Bertz CT molecular complexity index is 725. The fraction of sp³-hybridized carbons (Fsp3) is 0.267. The number of hydrogen-bond acceptors (Lipinski definition) is 5. The van der Waals surface area contributed by atoms with Gasteiger partial charge in [0.1, 0.15) is 5.76 Å². The van der Waals surface area contributed by atoms with E-state index in [1.165, 1.54) is 12.1 Å². The second-order valence-corrected chi connectivity index (χ2v) is 6.53. The molecule has 1 amide bonds. The molecule has 1 aromatic carbocycles. The van der Waals surface area contributed by atoms with Crippen LogP contribution in [0.1, 0.15) is 11.3 Å². The first-order valence-corrected chi connectivity index (χ1v) is 8.61. The fourth-order valence-electron chi connectivity index (χ4n) is 1.97. The number of benzene rings is 1. The van der Waals surface area contributed by atoms with Gasteiger partial charge in [0.25, 0.3) is 0 Å². The smallest absolute Gasteiger partial charge is 0.238 e. The van der Waals surface area contributed by atoms with E-state index < -0.39 is 10.0 Å². The van der Waals surface area contributed by atoms with Gasteiger partial charge in [-0.15, -0.1) is 0 Å². The van der Waals surface area contributed by atoms with Crippen molar-refractivity contribution in [1.29, 1.82) is 0 Å². The quantitative estimate of drug-likeness (QED) is 0.644. The summed E-state index contributed by atoms with van der Waals surface area (Å²) < 4.78 is 27.4. The maximum atomic E-state index is 11.6. The Morgan fingerprint density at radius 3 is 2.52 bits per heavy atom. The van der Waals surface area contributed by atoms with Gasteiger partial charge in [0.05, 0.1) is 24.2 Å². The van der Waals surface area contributed by atoms with Crippen LogP contribution in [0, 0.1) is 0 Å². The Morgan fingerprint density at radius 2 is 1.91 bits per heavy atom. The molecule has 1 heterocycles. The number of hydrogen-bond donors (Lipinski definition) is 3. The van der Waals surface area contributed by atoms with E-state index in [0.717, 1.165) is 11.3 Å². The van der Waals surface area contributed by atoms with Crippen LogP contribution in [-0.2, 0) is 27.8 Å². The SMILES string of the molecule is NS(=O)(=O)c1ccc(CCNC(=O)CNCc2ccco2)cc1. The lowest BCUT2D eigenvalue weighted by molar-refractivity contribution is -0.120. The Hall–Kier alpha value is -2.16. The molecule has 0 atom stereocenters. The van der Waals surface area contributed by atoms with Gasteiger partial charge < -0.3 is 15.1 Å². The van der Waals surface area contributed by atoms with Crippen LogP contribution in [0.25, 0.3) is 0 Å². The van der Waals surface area contributed by atoms with Crippen molar-refractivity contribution >= 4 is 15.9 Å². The largest absolute Gasteiger partial charge is 0.468 e. The van der Waals surface area contributed by atoms with E-state index in [1.807, 2.05) is 6.07 Å². The molecule has 0 saturated heterocycles. The molecule has 0 fully saturated rings. The third kappa shape index (κ3) is 5.85. The summed E-state index contributed by atoms with van der Waals surface area (Å²) in [5, 5.41) is 10.8. The van der Waals surface area contributed by atoms with Crippen molar-refractivity contribution < 1.29 is 17.6 Å². The molecule has 2 aromatic rings. The topological polar surface area (TPSA) is 114 Å². The standard InChI is InChI=1S/C15H19N3O4S/c16-23(20,21)14-5-3-12(4-6-14)7-8-18-15(19)11-17-10-13-2-1-9-22-13/h1-6,9,17H,7-8,10-11H2,(H,18,19)(H2,16,20,21). The van der Waals surface area contributed by atoms with Crippen LogP contribution in [0.3, 0.4) is 0 Å². The number of rotatable bonds is 8. The van der Waals surface area contributed by atoms with Gasteiger partial charge in [-0.1, -0.05) is 12.1 Å². The van der Waals surface area contributed by atoms with Crippen molar-refractivity contribution in [2.45, 2.75) is 17.9 Å². The minimum atomic E-state index is -3.67. The van der Waals surface area contributed by atoms with E-state index in [-0.39, 0.29) is 17.3 Å². The molecule has 2 rings (SSSR count). The highest BCUT2D eigenvalue weighted by Crippen LogP contribution is 2.08. The first-order valence-electron chi connectivity index (χ1n) is 7.07. The van der Waals surface area contributed by atoms with Crippen LogP contribution in [0.15, 0.2) is 52.0 Å². The zero-order valence-electron chi connectivity index (χ0n) is 12.5. The van der Waals surface area contributed by atoms with Gasteiger partial charge >= 0.3 is 0 Å². The number of sulfonamides is 1. The molecule has 0 aliphatic rings. The molecule has 7 nitrogen and oxygen atoms in total. The van der Waals surface area contributed by atoms with Gasteiger partial charge in [-0.05, 0) is 36.2 Å². The molecule has 1 aromatic heterocycles. The van der Waals surface area contributed by atoms with Crippen LogP contribution in [0.5, 0.6) is 0 Å². The summed E-state index contributed by atoms with van der Waals surface area (Å²) in [4.78, 5) is 11.7. The van der Waals surface area contributed by atoms with Crippen molar-refractivity contribution in [2.24, 2.45) is 5.14 Å². The van der Waals surface area contributed by atoms with Gasteiger partial charge in [-0.25, -0.2) is 13.6 Å². The molecule has 23 heavy (non-hydrogen) atoms. The fourth-order valence-corrected chi connectivity index (χ4v) is 2.48. The average Bonchev–Trinajstić information content (AvgIpc) is 3.00. The summed E-state index contributed by atoms with van der Waals surface area (Å²) in [5.41, 5.74) is 0.918. The number of nitrogens with two attached hydrogens (primary N) is 1. The normalized spacial score (nSPS) is 11.3. The van der Waals surface area contributed by atoms with Gasteiger partial charge in [0, 0.05) is 6.54 Å². The molecule has 0 radical (unpaired) electrons. The third-order valence-electron chi connectivity index (χ3n) is 3.15. The highest BCUT2D eigenvalue weighted by Gasteiger charge is 2.07. The Morgan fingerprint density at radius 1 is 1.17 bits per heavy atom. The predicted molar refractivity (Wildman–Crippen MR) is 84.9 cm³/mol. The van der Waals surface area contributed by atoms with Crippen molar-refractivity contribution in [3.05, 3.63) is 54.0 Å². The molecule has 124 valence electrons. The number of primary sulfonamides is 1. The summed E-state index contributed by atoms with van der Waals surface area (Å²) in [6.07, 6.45) is 2.19. The minimum absolute atomic E-state index is 0.0763. The number of nitrogens with one attached hydrogen (secondary N) is 2. The van der Waals surface area contributed by atoms with Crippen LogP contribution >= 0.6 is 0 Å². The number of amides is 1. The van der Waals surface area contributed by atoms with Crippen LogP contribution in [-0.4, -0.2) is 27.4 Å². The predicted octanol–water partition coefficient (Wildman–Crippen LogP) is 0.376. The zero-order valence-corrected chi connectivity index (χ0v) is 13.3. The minimum Gasteiger partial charge on any atom is -0.468 e. The second-order valence-electron chi connectivity index (χ2n) is 4.97. The first kappa shape index (κ1) is 17.2.